The Morgan fingerprint density at radius 1 is 1.17 bits per heavy atom. The molecule has 3 fully saturated rings. The molecule has 6 rings (SSSR count). The fourth-order valence-corrected chi connectivity index (χ4v) is 7.90. The number of hydrogen-bond donors (Lipinski definition) is 2. The molecule has 196 valence electrons. The second-order valence-corrected chi connectivity index (χ2v) is 12.4. The highest BCUT2D eigenvalue weighted by Crippen LogP contribution is 2.65. The monoisotopic (exact) mass is 493 g/mol. The van der Waals surface area contributed by atoms with Crippen molar-refractivity contribution in [2.24, 2.45) is 5.92 Å². The minimum absolute atomic E-state index is 0.0991. The molecule has 1 aromatic carbocycles. The number of piperidine rings is 1. The molecule has 3 aliphatic carbocycles. The van der Waals surface area contributed by atoms with E-state index in [1.54, 1.807) is 0 Å². The fraction of sp³-hybridized carbons (Fsp3) is 0.677. The molecule has 5 aliphatic rings. The number of likely N-dealkylation sites (tertiary alicyclic amines) is 1. The number of nitrogens with zero attached hydrogens (tertiary/aromatic N) is 1. The van der Waals surface area contributed by atoms with E-state index < -0.39 is 23.2 Å². The van der Waals surface area contributed by atoms with Crippen LogP contribution in [0.1, 0.15) is 83.3 Å². The number of rotatable bonds is 8. The summed E-state index contributed by atoms with van der Waals surface area (Å²) in [6.45, 7) is 8.99. The Labute approximate surface area is 216 Å². The van der Waals surface area contributed by atoms with Crippen LogP contribution in [0.25, 0.3) is 0 Å². The van der Waals surface area contributed by atoms with Crippen LogP contribution in [-0.2, 0) is 11.8 Å². The summed E-state index contributed by atoms with van der Waals surface area (Å²) in [7, 11) is 0. The largest absolute Gasteiger partial charge is 0.486 e. The minimum atomic E-state index is -0.864. The number of allylic oxidation sites excluding steroid dienone is 3. The quantitative estimate of drug-likeness (QED) is 0.495. The molecule has 5 heteroatoms. The van der Waals surface area contributed by atoms with Crippen molar-refractivity contribution in [2.45, 2.75) is 108 Å². The molecule has 2 bridgehead atoms. The highest BCUT2D eigenvalue weighted by atomic mass is 16.5. The standard InChI is InChI=1S/C31H43NO4/c1-20(2)6-4-7-21(3)13-17-35-25-11-10-23-18-26-31(34)14-12-24(33)29-30(31,27(23)28(25)36-29)15-16-32(26)19-22-8-5-9-22/h6,10-11,13,22,24,26,29,33-34H,4-5,7-9,12,14-19H2,1-3H3/b21-13+. The van der Waals surface area contributed by atoms with E-state index in [1.165, 1.54) is 36.0 Å². The zero-order valence-electron chi connectivity index (χ0n) is 22.3. The molecular weight excluding hydrogens is 450 g/mol. The van der Waals surface area contributed by atoms with Crippen LogP contribution in [0, 0.1) is 5.92 Å². The van der Waals surface area contributed by atoms with Gasteiger partial charge in [0.25, 0.3) is 0 Å². The van der Waals surface area contributed by atoms with Crippen LogP contribution in [0.2, 0.25) is 0 Å². The number of ether oxygens (including phenoxy) is 2. The van der Waals surface area contributed by atoms with Gasteiger partial charge in [-0.1, -0.05) is 29.7 Å². The van der Waals surface area contributed by atoms with E-state index >= 15 is 0 Å². The second kappa shape index (κ2) is 9.18. The lowest BCUT2D eigenvalue weighted by molar-refractivity contribution is -0.209. The van der Waals surface area contributed by atoms with E-state index in [2.05, 4.69) is 50.0 Å². The molecule has 2 aliphatic heterocycles. The predicted octanol–water partition coefficient (Wildman–Crippen LogP) is 5.07. The van der Waals surface area contributed by atoms with Gasteiger partial charge >= 0.3 is 0 Å². The number of aliphatic hydroxyl groups excluding tert-OH is 1. The summed E-state index contributed by atoms with van der Waals surface area (Å²) in [5.74, 6) is 2.30. The Morgan fingerprint density at radius 3 is 2.75 bits per heavy atom. The van der Waals surface area contributed by atoms with Crippen molar-refractivity contribution < 1.29 is 19.7 Å². The summed E-state index contributed by atoms with van der Waals surface area (Å²) in [4.78, 5) is 2.58. The Morgan fingerprint density at radius 2 is 2.00 bits per heavy atom. The van der Waals surface area contributed by atoms with Gasteiger partial charge in [-0.25, -0.2) is 0 Å². The van der Waals surface area contributed by atoms with Gasteiger partial charge < -0.3 is 19.7 Å². The van der Waals surface area contributed by atoms with E-state index in [0.717, 1.165) is 61.8 Å². The van der Waals surface area contributed by atoms with Crippen molar-refractivity contribution >= 4 is 0 Å². The molecule has 5 unspecified atom stereocenters. The number of hydrogen-bond acceptors (Lipinski definition) is 5. The lowest BCUT2D eigenvalue weighted by Gasteiger charge is -2.64. The average Bonchev–Trinajstić information content (AvgIpc) is 3.16. The van der Waals surface area contributed by atoms with Crippen molar-refractivity contribution in [2.75, 3.05) is 19.7 Å². The Kier molecular flexibility index (Phi) is 6.25. The molecule has 5 atom stereocenters. The molecule has 1 saturated heterocycles. The van der Waals surface area contributed by atoms with Gasteiger partial charge in [-0.15, -0.1) is 0 Å². The summed E-state index contributed by atoms with van der Waals surface area (Å²) < 4.78 is 12.9. The predicted molar refractivity (Wildman–Crippen MR) is 142 cm³/mol. The second-order valence-electron chi connectivity index (χ2n) is 12.4. The highest BCUT2D eigenvalue weighted by molar-refractivity contribution is 5.63. The first kappa shape index (κ1) is 24.5. The average molecular weight is 494 g/mol. The summed E-state index contributed by atoms with van der Waals surface area (Å²) in [6, 6.07) is 4.35. The number of benzene rings is 1. The molecule has 1 spiro atoms. The SMILES string of the molecule is CC(C)=CCC/C(C)=C/COc1ccc2c3c1OC1C(O)CCC4(O)C(C2)N(CC2CCC2)CCC314. The molecule has 0 radical (unpaired) electrons. The maximum Gasteiger partial charge on any atom is 0.166 e. The molecule has 36 heavy (non-hydrogen) atoms. The molecule has 0 aromatic heterocycles. The maximum atomic E-state index is 12.5. The van der Waals surface area contributed by atoms with Crippen molar-refractivity contribution in [3.63, 3.8) is 0 Å². The van der Waals surface area contributed by atoms with Crippen LogP contribution >= 0.6 is 0 Å². The third-order valence-corrected chi connectivity index (χ3v) is 10.0. The lowest BCUT2D eigenvalue weighted by atomic mass is 9.48. The molecule has 2 heterocycles. The Bertz CT molecular complexity index is 1070. The van der Waals surface area contributed by atoms with E-state index in [0.29, 0.717) is 19.4 Å². The summed E-state index contributed by atoms with van der Waals surface area (Å²) in [5.41, 5.74) is 3.68. The van der Waals surface area contributed by atoms with Crippen molar-refractivity contribution in [3.8, 4) is 11.5 Å². The van der Waals surface area contributed by atoms with Crippen LogP contribution in [0.15, 0.2) is 35.4 Å². The van der Waals surface area contributed by atoms with Crippen LogP contribution in [0.3, 0.4) is 0 Å². The van der Waals surface area contributed by atoms with Gasteiger partial charge in [0.05, 0.1) is 17.1 Å². The van der Waals surface area contributed by atoms with Gasteiger partial charge in [-0.2, -0.15) is 0 Å². The first-order valence-corrected chi connectivity index (χ1v) is 14.2. The zero-order chi connectivity index (χ0) is 25.1. The molecule has 0 amide bonds. The van der Waals surface area contributed by atoms with Gasteiger partial charge in [0, 0.05) is 18.2 Å². The number of aliphatic hydroxyl groups is 2. The molecule has 2 saturated carbocycles. The van der Waals surface area contributed by atoms with Crippen molar-refractivity contribution in [1.29, 1.82) is 0 Å². The van der Waals surface area contributed by atoms with E-state index in [9.17, 15) is 10.2 Å². The van der Waals surface area contributed by atoms with Gasteiger partial charge in [0.15, 0.2) is 11.5 Å². The van der Waals surface area contributed by atoms with Gasteiger partial charge in [0.1, 0.15) is 12.7 Å². The summed E-state index contributed by atoms with van der Waals surface area (Å²) in [5, 5.41) is 23.6. The fourth-order valence-electron chi connectivity index (χ4n) is 7.90. The third-order valence-electron chi connectivity index (χ3n) is 10.0. The maximum absolute atomic E-state index is 12.5. The third kappa shape index (κ3) is 3.68. The lowest BCUT2D eigenvalue weighted by Crippen LogP contribution is -2.77. The normalized spacial score (nSPS) is 35.0. The van der Waals surface area contributed by atoms with Crippen LogP contribution < -0.4 is 9.47 Å². The summed E-state index contributed by atoms with van der Waals surface area (Å²) >= 11 is 0. The van der Waals surface area contributed by atoms with Crippen LogP contribution in [-0.4, -0.2) is 58.7 Å². The minimum Gasteiger partial charge on any atom is -0.486 e. The van der Waals surface area contributed by atoms with Crippen molar-refractivity contribution in [1.82, 2.24) is 4.90 Å². The topological polar surface area (TPSA) is 62.2 Å². The summed E-state index contributed by atoms with van der Waals surface area (Å²) in [6.07, 6.45) is 12.5. The molecular formula is C31H43NO4. The smallest absolute Gasteiger partial charge is 0.166 e. The van der Waals surface area contributed by atoms with E-state index in [-0.39, 0.29) is 6.04 Å². The Hall–Kier alpha value is -1.82. The van der Waals surface area contributed by atoms with Gasteiger partial charge in [-0.3, -0.25) is 4.90 Å². The first-order chi connectivity index (χ1) is 17.3. The molecule has 5 nitrogen and oxygen atoms in total. The Balaban J connectivity index is 1.29. The van der Waals surface area contributed by atoms with E-state index in [1.807, 2.05) is 0 Å². The van der Waals surface area contributed by atoms with Crippen molar-refractivity contribution in [3.05, 3.63) is 46.6 Å². The van der Waals surface area contributed by atoms with E-state index in [4.69, 9.17) is 9.47 Å². The molecule has 1 aromatic rings. The zero-order valence-corrected chi connectivity index (χ0v) is 22.3. The first-order valence-electron chi connectivity index (χ1n) is 14.2. The van der Waals surface area contributed by atoms with Gasteiger partial charge in [-0.05, 0) is 102 Å². The van der Waals surface area contributed by atoms with Gasteiger partial charge in [0.2, 0.25) is 0 Å². The highest BCUT2D eigenvalue weighted by Gasteiger charge is 2.72. The molecule has 2 N–H and O–H groups in total. The van der Waals surface area contributed by atoms with Crippen LogP contribution in [0.4, 0.5) is 0 Å². The van der Waals surface area contributed by atoms with Crippen LogP contribution in [0.5, 0.6) is 11.5 Å².